The molecule has 0 N–H and O–H groups in total. The van der Waals surface area contributed by atoms with E-state index in [0.717, 1.165) is 11.4 Å². The van der Waals surface area contributed by atoms with Crippen molar-refractivity contribution in [2.45, 2.75) is 20.3 Å². The Hall–Kier alpha value is -1.69. The van der Waals surface area contributed by atoms with Crippen LogP contribution in [-0.4, -0.2) is 9.97 Å². The average Bonchev–Trinajstić information content (AvgIpc) is 2.11. The summed E-state index contributed by atoms with van der Waals surface area (Å²) < 4.78 is 0. The molecule has 1 rings (SSSR count). The minimum absolute atomic E-state index is 0.406. The van der Waals surface area contributed by atoms with E-state index in [9.17, 15) is 0 Å². The third-order valence-corrected chi connectivity index (χ3v) is 1.82. The summed E-state index contributed by atoms with van der Waals surface area (Å²) in [5, 5.41) is 8.77. The van der Waals surface area contributed by atoms with Crippen LogP contribution in [0.2, 0.25) is 0 Å². The van der Waals surface area contributed by atoms with Gasteiger partial charge in [0.25, 0.3) is 0 Å². The molecule has 0 aliphatic rings. The molecule has 0 radical (unpaired) electrons. The SMILES string of the molecule is C=CCc1nc(C)c(C)nc1C#N. The van der Waals surface area contributed by atoms with Gasteiger partial charge in [-0.25, -0.2) is 4.98 Å². The molecule has 0 atom stereocenters. The lowest BCUT2D eigenvalue weighted by molar-refractivity contribution is 0.955. The molecule has 3 nitrogen and oxygen atoms in total. The van der Waals surface area contributed by atoms with Gasteiger partial charge in [0.15, 0.2) is 5.69 Å². The topological polar surface area (TPSA) is 49.6 Å². The summed E-state index contributed by atoms with van der Waals surface area (Å²) in [5.41, 5.74) is 2.80. The first kappa shape index (κ1) is 9.40. The van der Waals surface area contributed by atoms with Crippen molar-refractivity contribution in [3.63, 3.8) is 0 Å². The number of aromatic nitrogens is 2. The smallest absolute Gasteiger partial charge is 0.162 e. The van der Waals surface area contributed by atoms with Crippen LogP contribution >= 0.6 is 0 Å². The Morgan fingerprint density at radius 2 is 2.00 bits per heavy atom. The molecule has 0 amide bonds. The molecule has 0 bridgehead atoms. The van der Waals surface area contributed by atoms with E-state index in [4.69, 9.17) is 5.26 Å². The van der Waals surface area contributed by atoms with Crippen molar-refractivity contribution in [3.05, 3.63) is 35.4 Å². The van der Waals surface area contributed by atoms with Crippen molar-refractivity contribution in [2.24, 2.45) is 0 Å². The molecule has 3 heteroatoms. The van der Waals surface area contributed by atoms with Crippen molar-refractivity contribution >= 4 is 0 Å². The van der Waals surface area contributed by atoms with Gasteiger partial charge >= 0.3 is 0 Å². The summed E-state index contributed by atoms with van der Waals surface area (Å²) in [7, 11) is 0. The molecule has 66 valence electrons. The number of aryl methyl sites for hydroxylation is 2. The van der Waals surface area contributed by atoms with Crippen molar-refractivity contribution < 1.29 is 0 Å². The van der Waals surface area contributed by atoms with Crippen LogP contribution in [0.4, 0.5) is 0 Å². The Morgan fingerprint density at radius 1 is 1.38 bits per heavy atom. The standard InChI is InChI=1S/C10H11N3/c1-4-5-9-10(6-11)13-8(3)7(2)12-9/h4H,1,5H2,2-3H3. The first-order valence-electron chi connectivity index (χ1n) is 4.04. The summed E-state index contributed by atoms with van der Waals surface area (Å²) >= 11 is 0. The van der Waals surface area contributed by atoms with Crippen molar-refractivity contribution in [1.29, 1.82) is 5.26 Å². The highest BCUT2D eigenvalue weighted by atomic mass is 14.8. The minimum atomic E-state index is 0.406. The zero-order chi connectivity index (χ0) is 9.84. The van der Waals surface area contributed by atoms with Gasteiger partial charge in [-0.05, 0) is 13.8 Å². The van der Waals surface area contributed by atoms with E-state index >= 15 is 0 Å². The van der Waals surface area contributed by atoms with E-state index in [2.05, 4.69) is 16.5 Å². The summed E-state index contributed by atoms with van der Waals surface area (Å²) in [6, 6.07) is 2.03. The number of hydrogen-bond acceptors (Lipinski definition) is 3. The first-order valence-corrected chi connectivity index (χ1v) is 4.04. The maximum atomic E-state index is 8.77. The van der Waals surface area contributed by atoms with Crippen LogP contribution in [0.25, 0.3) is 0 Å². The molecule has 1 heterocycles. The Labute approximate surface area is 77.8 Å². The number of allylic oxidation sites excluding steroid dienone is 1. The van der Waals surface area contributed by atoms with Gasteiger partial charge in [-0.1, -0.05) is 6.08 Å². The van der Waals surface area contributed by atoms with Gasteiger partial charge in [0.05, 0.1) is 17.1 Å². The lowest BCUT2D eigenvalue weighted by atomic mass is 10.2. The van der Waals surface area contributed by atoms with Crippen molar-refractivity contribution in [3.8, 4) is 6.07 Å². The van der Waals surface area contributed by atoms with Crippen molar-refractivity contribution in [2.75, 3.05) is 0 Å². The van der Waals surface area contributed by atoms with Gasteiger partial charge in [-0.2, -0.15) is 5.26 Å². The second-order valence-electron chi connectivity index (χ2n) is 2.79. The maximum absolute atomic E-state index is 8.77. The molecule has 0 unspecified atom stereocenters. The fraction of sp³-hybridized carbons (Fsp3) is 0.300. The van der Waals surface area contributed by atoms with E-state index in [1.165, 1.54) is 0 Å². The predicted molar refractivity (Wildman–Crippen MR) is 50.1 cm³/mol. The highest BCUT2D eigenvalue weighted by Gasteiger charge is 2.06. The second kappa shape index (κ2) is 3.81. The second-order valence-corrected chi connectivity index (χ2v) is 2.79. The van der Waals surface area contributed by atoms with Crippen LogP contribution in [-0.2, 0) is 6.42 Å². The van der Waals surface area contributed by atoms with Gasteiger partial charge in [-0.3, -0.25) is 4.98 Å². The molecule has 0 aliphatic carbocycles. The molecule has 0 saturated carbocycles. The summed E-state index contributed by atoms with van der Waals surface area (Å²) in [4.78, 5) is 8.42. The van der Waals surface area contributed by atoms with E-state index in [-0.39, 0.29) is 0 Å². The van der Waals surface area contributed by atoms with Crippen LogP contribution < -0.4 is 0 Å². The molecule has 0 aromatic carbocycles. The predicted octanol–water partition coefficient (Wildman–Crippen LogP) is 1.69. The number of nitrogens with zero attached hydrogens (tertiary/aromatic N) is 3. The van der Waals surface area contributed by atoms with E-state index in [1.54, 1.807) is 6.08 Å². The van der Waals surface area contributed by atoms with Gasteiger partial charge in [0.2, 0.25) is 0 Å². The Bertz CT molecular complexity index is 374. The Morgan fingerprint density at radius 3 is 2.54 bits per heavy atom. The third-order valence-electron chi connectivity index (χ3n) is 1.82. The molecule has 0 fully saturated rings. The fourth-order valence-corrected chi connectivity index (χ4v) is 1.02. The molecule has 1 aromatic heterocycles. The quantitative estimate of drug-likeness (QED) is 0.639. The monoisotopic (exact) mass is 173 g/mol. The van der Waals surface area contributed by atoms with Gasteiger partial charge in [-0.15, -0.1) is 6.58 Å². The fourth-order valence-electron chi connectivity index (χ4n) is 1.02. The van der Waals surface area contributed by atoms with E-state index in [1.807, 2.05) is 19.9 Å². The molecule has 13 heavy (non-hydrogen) atoms. The van der Waals surface area contributed by atoms with Crippen molar-refractivity contribution in [1.82, 2.24) is 9.97 Å². The summed E-state index contributed by atoms with van der Waals surface area (Å²) in [5.74, 6) is 0. The molecular formula is C10H11N3. The first-order chi connectivity index (χ1) is 6.19. The average molecular weight is 173 g/mol. The summed E-state index contributed by atoms with van der Waals surface area (Å²) in [6.07, 6.45) is 2.32. The largest absolute Gasteiger partial charge is 0.253 e. The highest BCUT2D eigenvalue weighted by Crippen LogP contribution is 2.07. The zero-order valence-corrected chi connectivity index (χ0v) is 7.83. The molecule has 0 saturated heterocycles. The number of hydrogen-bond donors (Lipinski definition) is 0. The van der Waals surface area contributed by atoms with E-state index < -0.39 is 0 Å². The van der Waals surface area contributed by atoms with E-state index in [0.29, 0.717) is 17.8 Å². The van der Waals surface area contributed by atoms with Crippen LogP contribution in [0.15, 0.2) is 12.7 Å². The number of nitriles is 1. The van der Waals surface area contributed by atoms with Crippen LogP contribution in [0.3, 0.4) is 0 Å². The molecule has 1 aromatic rings. The Balaban J connectivity index is 3.26. The maximum Gasteiger partial charge on any atom is 0.162 e. The van der Waals surface area contributed by atoms with Crippen LogP contribution in [0, 0.1) is 25.2 Å². The summed E-state index contributed by atoms with van der Waals surface area (Å²) in [6.45, 7) is 7.34. The zero-order valence-electron chi connectivity index (χ0n) is 7.83. The number of rotatable bonds is 2. The lowest BCUT2D eigenvalue weighted by Gasteiger charge is -2.03. The molecule has 0 spiro atoms. The lowest BCUT2D eigenvalue weighted by Crippen LogP contribution is -2.02. The normalized spacial score (nSPS) is 9.31. The van der Waals surface area contributed by atoms with Gasteiger partial charge in [0.1, 0.15) is 6.07 Å². The van der Waals surface area contributed by atoms with Crippen LogP contribution in [0.1, 0.15) is 22.8 Å². The highest BCUT2D eigenvalue weighted by molar-refractivity contribution is 5.30. The molecular weight excluding hydrogens is 162 g/mol. The molecule has 0 aliphatic heterocycles. The van der Waals surface area contributed by atoms with Gasteiger partial charge in [0, 0.05) is 6.42 Å². The Kier molecular flexibility index (Phi) is 2.76. The van der Waals surface area contributed by atoms with Gasteiger partial charge < -0.3 is 0 Å². The minimum Gasteiger partial charge on any atom is -0.253 e. The van der Waals surface area contributed by atoms with Crippen LogP contribution in [0.5, 0.6) is 0 Å². The third kappa shape index (κ3) is 1.91.